The average Bonchev–Trinajstić information content (AvgIpc) is 2.85. The van der Waals surface area contributed by atoms with Crippen molar-refractivity contribution in [1.29, 1.82) is 0 Å². The van der Waals surface area contributed by atoms with Crippen LogP contribution in [0.5, 0.6) is 0 Å². The largest absolute Gasteiger partial charge is 0.297 e. The number of likely N-dealkylation sites (tertiary alicyclic amines) is 1. The highest BCUT2D eigenvalue weighted by Crippen LogP contribution is 2.33. The molecule has 4 heteroatoms. The van der Waals surface area contributed by atoms with Gasteiger partial charge in [-0.15, -0.1) is 11.3 Å². The zero-order chi connectivity index (χ0) is 9.97. The van der Waals surface area contributed by atoms with Gasteiger partial charge in [0.25, 0.3) is 0 Å². The van der Waals surface area contributed by atoms with Gasteiger partial charge >= 0.3 is 0 Å². The Morgan fingerprint density at radius 3 is 3.29 bits per heavy atom. The van der Waals surface area contributed by atoms with Gasteiger partial charge in [-0.05, 0) is 25.9 Å². The molecule has 0 aliphatic carbocycles. The second kappa shape index (κ2) is 4.19. The van der Waals surface area contributed by atoms with Gasteiger partial charge in [0.1, 0.15) is 5.01 Å². The monoisotopic (exact) mass is 210 g/mol. The fourth-order valence-corrected chi connectivity index (χ4v) is 2.90. The molecule has 1 aromatic rings. The van der Waals surface area contributed by atoms with Crippen molar-refractivity contribution in [2.24, 2.45) is 0 Å². The summed E-state index contributed by atoms with van der Waals surface area (Å²) in [7, 11) is 0. The molecular weight excluding hydrogens is 196 g/mol. The second-order valence-corrected chi connectivity index (χ2v) is 4.60. The van der Waals surface area contributed by atoms with Gasteiger partial charge in [0.2, 0.25) is 0 Å². The Balaban J connectivity index is 2.17. The Labute approximate surface area is 87.8 Å². The lowest BCUT2D eigenvalue weighted by molar-refractivity contribution is 0.112. The summed E-state index contributed by atoms with van der Waals surface area (Å²) in [5.74, 6) is 0. The topological polar surface area (TPSA) is 33.2 Å². The molecule has 0 amide bonds. The quantitative estimate of drug-likeness (QED) is 0.716. The lowest BCUT2D eigenvalue weighted by atomic mass is 10.2. The van der Waals surface area contributed by atoms with Gasteiger partial charge in [-0.3, -0.25) is 9.69 Å². The molecule has 3 nitrogen and oxygen atoms in total. The lowest BCUT2D eigenvalue weighted by Gasteiger charge is -2.20. The summed E-state index contributed by atoms with van der Waals surface area (Å²) in [5, 5.41) is 1.10. The van der Waals surface area contributed by atoms with E-state index in [2.05, 4.69) is 16.8 Å². The van der Waals surface area contributed by atoms with E-state index >= 15 is 0 Å². The molecule has 0 bridgehead atoms. The third-order valence-corrected chi connectivity index (χ3v) is 3.74. The molecule has 14 heavy (non-hydrogen) atoms. The molecule has 0 radical (unpaired) electrons. The van der Waals surface area contributed by atoms with E-state index in [9.17, 15) is 4.79 Å². The van der Waals surface area contributed by atoms with Crippen LogP contribution in [-0.2, 0) is 0 Å². The zero-order valence-corrected chi connectivity index (χ0v) is 9.09. The fraction of sp³-hybridized carbons (Fsp3) is 0.600. The molecule has 2 rings (SSSR count). The van der Waals surface area contributed by atoms with Crippen LogP contribution in [0.15, 0.2) is 6.20 Å². The van der Waals surface area contributed by atoms with Crippen LogP contribution in [-0.4, -0.2) is 29.3 Å². The Morgan fingerprint density at radius 1 is 1.79 bits per heavy atom. The van der Waals surface area contributed by atoms with E-state index < -0.39 is 0 Å². The molecule has 76 valence electrons. The number of thiazole rings is 1. The van der Waals surface area contributed by atoms with E-state index in [0.29, 0.717) is 6.04 Å². The van der Waals surface area contributed by atoms with Crippen LogP contribution in [0.3, 0.4) is 0 Å². The third kappa shape index (κ3) is 1.72. The van der Waals surface area contributed by atoms with Gasteiger partial charge in [-0.2, -0.15) is 0 Å². The normalized spacial score (nSPS) is 22.8. The SMILES string of the molecule is CCN1CCCC1c1ncc(C=O)s1. The summed E-state index contributed by atoms with van der Waals surface area (Å²) in [5.41, 5.74) is 0. The first-order chi connectivity index (χ1) is 6.85. The molecule has 1 fully saturated rings. The first-order valence-electron chi connectivity index (χ1n) is 5.00. The number of aromatic nitrogens is 1. The van der Waals surface area contributed by atoms with Crippen molar-refractivity contribution >= 4 is 17.6 Å². The number of nitrogens with zero attached hydrogens (tertiary/aromatic N) is 2. The van der Waals surface area contributed by atoms with Gasteiger partial charge in [-0.1, -0.05) is 6.92 Å². The summed E-state index contributed by atoms with van der Waals surface area (Å²) in [6, 6.07) is 0.457. The van der Waals surface area contributed by atoms with E-state index in [-0.39, 0.29) is 0 Å². The molecule has 0 N–H and O–H groups in total. The minimum absolute atomic E-state index is 0.457. The number of carbonyl (C=O) groups excluding carboxylic acids is 1. The van der Waals surface area contributed by atoms with E-state index in [1.165, 1.54) is 24.2 Å². The minimum Gasteiger partial charge on any atom is -0.297 e. The highest BCUT2D eigenvalue weighted by atomic mass is 32.1. The highest BCUT2D eigenvalue weighted by Gasteiger charge is 2.26. The zero-order valence-electron chi connectivity index (χ0n) is 8.27. The van der Waals surface area contributed by atoms with Crippen molar-refractivity contribution in [3.05, 3.63) is 16.1 Å². The molecule has 0 aromatic carbocycles. The molecule has 2 heterocycles. The van der Waals surface area contributed by atoms with Gasteiger partial charge < -0.3 is 0 Å². The van der Waals surface area contributed by atoms with Crippen LogP contribution in [0.25, 0.3) is 0 Å². The molecule has 0 saturated carbocycles. The smallest absolute Gasteiger partial charge is 0.161 e. The summed E-state index contributed by atoms with van der Waals surface area (Å²) >= 11 is 1.53. The summed E-state index contributed by atoms with van der Waals surface area (Å²) < 4.78 is 0. The molecular formula is C10H14N2OS. The maximum Gasteiger partial charge on any atom is 0.161 e. The Morgan fingerprint density at radius 2 is 2.64 bits per heavy atom. The van der Waals surface area contributed by atoms with Crippen molar-refractivity contribution < 1.29 is 4.79 Å². The van der Waals surface area contributed by atoms with Gasteiger partial charge in [0.15, 0.2) is 6.29 Å². The van der Waals surface area contributed by atoms with Crippen molar-refractivity contribution in [3.63, 3.8) is 0 Å². The number of hydrogen-bond acceptors (Lipinski definition) is 4. The van der Waals surface area contributed by atoms with Crippen LogP contribution in [0, 0.1) is 0 Å². The average molecular weight is 210 g/mol. The Kier molecular flexibility index (Phi) is 2.93. The molecule has 1 unspecified atom stereocenters. The van der Waals surface area contributed by atoms with E-state index in [1.807, 2.05) is 0 Å². The minimum atomic E-state index is 0.457. The van der Waals surface area contributed by atoms with Gasteiger partial charge in [0, 0.05) is 6.20 Å². The third-order valence-electron chi connectivity index (χ3n) is 2.71. The van der Waals surface area contributed by atoms with Crippen molar-refractivity contribution in [3.8, 4) is 0 Å². The molecule has 1 aliphatic heterocycles. The summed E-state index contributed by atoms with van der Waals surface area (Å²) in [4.78, 5) is 18.0. The molecule has 1 aliphatic rings. The maximum atomic E-state index is 10.5. The van der Waals surface area contributed by atoms with Crippen molar-refractivity contribution in [2.45, 2.75) is 25.8 Å². The number of carbonyl (C=O) groups is 1. The van der Waals surface area contributed by atoms with E-state index in [0.717, 1.165) is 29.3 Å². The highest BCUT2D eigenvalue weighted by molar-refractivity contribution is 7.13. The molecule has 1 atom stereocenters. The predicted molar refractivity (Wildman–Crippen MR) is 56.7 cm³/mol. The number of rotatable bonds is 3. The Hall–Kier alpha value is -0.740. The standard InChI is InChI=1S/C10H14N2OS/c1-2-12-5-3-4-9(12)10-11-6-8(7-13)14-10/h6-7,9H,2-5H2,1H3. The first kappa shape index (κ1) is 9.80. The summed E-state index contributed by atoms with van der Waals surface area (Å²) in [6.07, 6.45) is 4.99. The fourth-order valence-electron chi connectivity index (χ4n) is 1.99. The Bertz CT molecular complexity index is 324. The predicted octanol–water partition coefficient (Wildman–Crippen LogP) is 2.11. The summed E-state index contributed by atoms with van der Waals surface area (Å²) in [6.45, 7) is 4.41. The van der Waals surface area contributed by atoms with Gasteiger partial charge in [0.05, 0.1) is 10.9 Å². The number of aldehydes is 1. The lowest BCUT2D eigenvalue weighted by Crippen LogP contribution is -2.22. The van der Waals surface area contributed by atoms with Crippen LogP contribution in [0.4, 0.5) is 0 Å². The van der Waals surface area contributed by atoms with Crippen molar-refractivity contribution in [2.75, 3.05) is 13.1 Å². The first-order valence-corrected chi connectivity index (χ1v) is 5.81. The molecule has 1 saturated heterocycles. The second-order valence-electron chi connectivity index (χ2n) is 3.51. The number of hydrogen-bond donors (Lipinski definition) is 0. The van der Waals surface area contributed by atoms with E-state index in [4.69, 9.17) is 0 Å². The van der Waals surface area contributed by atoms with Crippen LogP contribution >= 0.6 is 11.3 Å². The molecule has 0 spiro atoms. The maximum absolute atomic E-state index is 10.5. The van der Waals surface area contributed by atoms with Gasteiger partial charge in [-0.25, -0.2) is 4.98 Å². The van der Waals surface area contributed by atoms with Crippen LogP contribution in [0.2, 0.25) is 0 Å². The molecule has 1 aromatic heterocycles. The van der Waals surface area contributed by atoms with Crippen LogP contribution in [0.1, 0.15) is 40.5 Å². The van der Waals surface area contributed by atoms with Crippen LogP contribution < -0.4 is 0 Å². The van der Waals surface area contributed by atoms with Crippen molar-refractivity contribution in [1.82, 2.24) is 9.88 Å². The van der Waals surface area contributed by atoms with E-state index in [1.54, 1.807) is 6.20 Å².